The highest BCUT2D eigenvalue weighted by atomic mass is 79.9. The van der Waals surface area contributed by atoms with Crippen molar-refractivity contribution in [1.82, 2.24) is 10.9 Å². The molecule has 0 saturated carbocycles. The lowest BCUT2D eigenvalue weighted by Crippen LogP contribution is -2.41. The molecular formula is C25H24BrN3O3. The SMILES string of the molecule is CCOc1ccc(C2NNC3C(=O)N(c4ccc(Br)cc4)C(c4cccc(O)c4)C32)cc1. The molecule has 2 aliphatic heterocycles. The maximum Gasteiger partial charge on any atom is 0.246 e. The van der Waals surface area contributed by atoms with Crippen molar-refractivity contribution in [2.45, 2.75) is 25.0 Å². The molecule has 2 saturated heterocycles. The third kappa shape index (κ3) is 3.66. The van der Waals surface area contributed by atoms with Crippen LogP contribution in [-0.4, -0.2) is 23.7 Å². The first kappa shape index (κ1) is 21.0. The number of hydrogen-bond donors (Lipinski definition) is 3. The van der Waals surface area contributed by atoms with Gasteiger partial charge in [-0.1, -0.05) is 40.2 Å². The molecule has 164 valence electrons. The average molecular weight is 494 g/mol. The van der Waals surface area contributed by atoms with Gasteiger partial charge in [0.1, 0.15) is 17.5 Å². The van der Waals surface area contributed by atoms with Gasteiger partial charge in [-0.25, -0.2) is 10.9 Å². The predicted octanol–water partition coefficient (Wildman–Crippen LogP) is 4.48. The second-order valence-electron chi connectivity index (χ2n) is 8.05. The Morgan fingerprint density at radius 3 is 2.38 bits per heavy atom. The number of fused-ring (bicyclic) bond motifs is 1. The highest BCUT2D eigenvalue weighted by molar-refractivity contribution is 9.10. The Morgan fingerprint density at radius 2 is 1.69 bits per heavy atom. The summed E-state index contributed by atoms with van der Waals surface area (Å²) in [6.07, 6.45) is 0. The second-order valence-corrected chi connectivity index (χ2v) is 8.96. The third-order valence-corrected chi connectivity index (χ3v) is 6.71. The lowest BCUT2D eigenvalue weighted by molar-refractivity contribution is -0.119. The number of rotatable bonds is 5. The quantitative estimate of drug-likeness (QED) is 0.488. The van der Waals surface area contributed by atoms with E-state index in [0.717, 1.165) is 27.0 Å². The Labute approximate surface area is 195 Å². The zero-order valence-corrected chi connectivity index (χ0v) is 19.1. The van der Waals surface area contributed by atoms with Crippen LogP contribution in [0.4, 0.5) is 5.69 Å². The number of hydrazine groups is 1. The summed E-state index contributed by atoms with van der Waals surface area (Å²) in [5.41, 5.74) is 9.38. The molecule has 1 amide bonds. The molecule has 0 bridgehead atoms. The van der Waals surface area contributed by atoms with Crippen LogP contribution in [0.2, 0.25) is 0 Å². The summed E-state index contributed by atoms with van der Waals surface area (Å²) in [6.45, 7) is 2.57. The van der Waals surface area contributed by atoms with Crippen LogP contribution < -0.4 is 20.5 Å². The van der Waals surface area contributed by atoms with E-state index in [-0.39, 0.29) is 35.7 Å². The number of nitrogens with one attached hydrogen (secondary N) is 2. The molecule has 2 aliphatic rings. The van der Waals surface area contributed by atoms with Crippen LogP contribution in [0.15, 0.2) is 77.3 Å². The van der Waals surface area contributed by atoms with Gasteiger partial charge in [-0.15, -0.1) is 0 Å². The monoisotopic (exact) mass is 493 g/mol. The van der Waals surface area contributed by atoms with Crippen molar-refractivity contribution in [3.05, 3.63) is 88.4 Å². The number of nitrogens with zero attached hydrogens (tertiary/aromatic N) is 1. The summed E-state index contributed by atoms with van der Waals surface area (Å²) in [5, 5.41) is 10.2. The lowest BCUT2D eigenvalue weighted by Gasteiger charge is -2.31. The van der Waals surface area contributed by atoms with Crippen molar-refractivity contribution >= 4 is 27.5 Å². The van der Waals surface area contributed by atoms with Gasteiger partial charge >= 0.3 is 0 Å². The fraction of sp³-hybridized carbons (Fsp3) is 0.240. The molecule has 0 aromatic heterocycles. The van der Waals surface area contributed by atoms with Crippen molar-refractivity contribution in [2.75, 3.05) is 11.5 Å². The van der Waals surface area contributed by atoms with Crippen molar-refractivity contribution in [2.24, 2.45) is 5.92 Å². The van der Waals surface area contributed by atoms with E-state index < -0.39 is 0 Å². The number of benzene rings is 3. The lowest BCUT2D eigenvalue weighted by atomic mass is 9.83. The number of anilines is 1. The smallest absolute Gasteiger partial charge is 0.246 e. The number of halogens is 1. The molecule has 7 heteroatoms. The Kier molecular flexibility index (Phi) is 5.63. The molecule has 4 unspecified atom stereocenters. The number of amides is 1. The van der Waals surface area contributed by atoms with Gasteiger partial charge in [0.15, 0.2) is 0 Å². The third-order valence-electron chi connectivity index (χ3n) is 6.18. The number of phenolic OH excluding ortho intramolecular Hbond substituents is 1. The molecule has 5 rings (SSSR count). The zero-order chi connectivity index (χ0) is 22.2. The molecule has 6 nitrogen and oxygen atoms in total. The number of ether oxygens (including phenoxy) is 1. The standard InChI is InChI=1S/C25H24BrN3O3/c1-2-32-20-12-6-15(7-13-20)22-21-23(28-27-22)25(31)29(18-10-8-17(26)9-11-18)24(21)16-4-3-5-19(30)14-16/h3-14,21-24,27-28,30H,2H2,1H3. The maximum atomic E-state index is 13.6. The summed E-state index contributed by atoms with van der Waals surface area (Å²) in [6, 6.07) is 22.2. The van der Waals surface area contributed by atoms with Gasteiger partial charge in [-0.05, 0) is 66.6 Å². The molecule has 32 heavy (non-hydrogen) atoms. The van der Waals surface area contributed by atoms with Crippen molar-refractivity contribution in [1.29, 1.82) is 0 Å². The minimum Gasteiger partial charge on any atom is -0.508 e. The Hall–Kier alpha value is -2.87. The molecular weight excluding hydrogens is 470 g/mol. The Balaban J connectivity index is 1.58. The number of hydrogen-bond acceptors (Lipinski definition) is 5. The van der Waals surface area contributed by atoms with E-state index in [0.29, 0.717) is 6.61 Å². The van der Waals surface area contributed by atoms with Gasteiger partial charge in [0.05, 0.1) is 18.7 Å². The highest BCUT2D eigenvalue weighted by Crippen LogP contribution is 2.49. The van der Waals surface area contributed by atoms with Crippen LogP contribution in [-0.2, 0) is 4.79 Å². The van der Waals surface area contributed by atoms with E-state index in [2.05, 4.69) is 26.8 Å². The van der Waals surface area contributed by atoms with Crippen molar-refractivity contribution in [3.8, 4) is 11.5 Å². The molecule has 2 fully saturated rings. The first-order chi connectivity index (χ1) is 15.6. The van der Waals surface area contributed by atoms with Crippen LogP contribution in [0.25, 0.3) is 0 Å². The summed E-state index contributed by atoms with van der Waals surface area (Å²) in [4.78, 5) is 15.4. The fourth-order valence-corrected chi connectivity index (χ4v) is 5.09. The van der Waals surface area contributed by atoms with Crippen LogP contribution in [0.3, 0.4) is 0 Å². The summed E-state index contributed by atoms with van der Waals surface area (Å²) in [5.74, 6) is 0.936. The van der Waals surface area contributed by atoms with Crippen LogP contribution in [0, 0.1) is 5.92 Å². The minimum absolute atomic E-state index is 0.00611. The van der Waals surface area contributed by atoms with E-state index in [1.807, 2.05) is 72.5 Å². The van der Waals surface area contributed by atoms with Gasteiger partial charge in [-0.3, -0.25) is 4.79 Å². The first-order valence-electron chi connectivity index (χ1n) is 10.7. The first-order valence-corrected chi connectivity index (χ1v) is 11.5. The topological polar surface area (TPSA) is 73.8 Å². The number of carbonyl (C=O) groups is 1. The zero-order valence-electron chi connectivity index (χ0n) is 17.5. The van der Waals surface area contributed by atoms with Gasteiger partial charge in [-0.2, -0.15) is 0 Å². The normalized spacial score (nSPS) is 24.6. The molecule has 3 N–H and O–H groups in total. The van der Waals surface area contributed by atoms with Crippen molar-refractivity contribution in [3.63, 3.8) is 0 Å². The maximum absolute atomic E-state index is 13.6. The van der Waals surface area contributed by atoms with Gasteiger partial charge in [0, 0.05) is 16.1 Å². The average Bonchev–Trinajstić information content (AvgIpc) is 3.34. The summed E-state index contributed by atoms with van der Waals surface area (Å²) < 4.78 is 6.54. The molecule has 0 spiro atoms. The Bertz CT molecular complexity index is 1120. The van der Waals surface area contributed by atoms with Crippen molar-refractivity contribution < 1.29 is 14.6 Å². The number of phenols is 1. The molecule has 3 aromatic rings. The van der Waals surface area contributed by atoms with Gasteiger partial charge < -0.3 is 14.7 Å². The van der Waals surface area contributed by atoms with Gasteiger partial charge in [0.25, 0.3) is 0 Å². The number of carbonyl (C=O) groups excluding carboxylic acids is 1. The number of aromatic hydroxyl groups is 1. The van der Waals surface area contributed by atoms with E-state index in [4.69, 9.17) is 4.74 Å². The van der Waals surface area contributed by atoms with Crippen LogP contribution in [0.5, 0.6) is 11.5 Å². The molecule has 4 atom stereocenters. The summed E-state index contributed by atoms with van der Waals surface area (Å²) >= 11 is 3.48. The van der Waals surface area contributed by atoms with E-state index >= 15 is 0 Å². The van der Waals surface area contributed by atoms with E-state index in [1.54, 1.807) is 12.1 Å². The molecule has 3 aromatic carbocycles. The predicted molar refractivity (Wildman–Crippen MR) is 126 cm³/mol. The van der Waals surface area contributed by atoms with E-state index in [1.165, 1.54) is 0 Å². The Morgan fingerprint density at radius 1 is 0.969 bits per heavy atom. The molecule has 0 radical (unpaired) electrons. The van der Waals surface area contributed by atoms with E-state index in [9.17, 15) is 9.90 Å². The van der Waals surface area contributed by atoms with Crippen LogP contribution >= 0.6 is 15.9 Å². The summed E-state index contributed by atoms with van der Waals surface area (Å²) in [7, 11) is 0. The fourth-order valence-electron chi connectivity index (χ4n) is 4.83. The van der Waals surface area contributed by atoms with Crippen LogP contribution in [0.1, 0.15) is 30.1 Å². The van der Waals surface area contributed by atoms with Gasteiger partial charge in [0.2, 0.25) is 5.91 Å². The molecule has 0 aliphatic carbocycles. The highest BCUT2D eigenvalue weighted by Gasteiger charge is 2.56. The second kappa shape index (κ2) is 8.58. The largest absolute Gasteiger partial charge is 0.508 e. The minimum atomic E-state index is -0.387. The molecule has 2 heterocycles.